The zero-order chi connectivity index (χ0) is 23.6. The summed E-state index contributed by atoms with van der Waals surface area (Å²) in [7, 11) is 4.89. The predicted octanol–water partition coefficient (Wildman–Crippen LogP) is 7.66. The highest BCUT2D eigenvalue weighted by Crippen LogP contribution is 2.14. The Morgan fingerprint density at radius 2 is 0.710 bits per heavy atom. The molecule has 0 saturated carbocycles. The highest BCUT2D eigenvalue weighted by molar-refractivity contribution is 5.60. The minimum atomic E-state index is -1.08. The average Bonchev–Trinajstić information content (AvgIpc) is 2.70. The smallest absolute Gasteiger partial charge is 0.0782 e. The van der Waals surface area contributed by atoms with Crippen LogP contribution in [0.25, 0.3) is 0 Å². The number of quaternary nitrogens is 1. The number of nitrogens with zero attached hydrogens (tertiary/aromatic N) is 1. The SMILES string of the molecule is CC(=O)[O-].CCCCCCCCCCCC[N+](C)(C)CCCCCCCCCCCC. The molecule has 0 radical (unpaired) electrons. The summed E-state index contributed by atoms with van der Waals surface area (Å²) in [6, 6.07) is 0. The van der Waals surface area contributed by atoms with E-state index in [4.69, 9.17) is 9.90 Å². The van der Waals surface area contributed by atoms with Crippen molar-refractivity contribution in [2.75, 3.05) is 27.2 Å². The summed E-state index contributed by atoms with van der Waals surface area (Å²) < 4.78 is 1.24. The van der Waals surface area contributed by atoms with Crippen molar-refractivity contribution in [1.29, 1.82) is 0 Å². The Kier molecular flexibility index (Phi) is 27.0. The predicted molar refractivity (Wildman–Crippen MR) is 136 cm³/mol. The maximum atomic E-state index is 8.89. The minimum absolute atomic E-state index is 0.972. The Labute approximate surface area is 197 Å². The molecule has 0 bridgehead atoms. The van der Waals surface area contributed by atoms with Gasteiger partial charge >= 0.3 is 0 Å². The van der Waals surface area contributed by atoms with Gasteiger partial charge in [0, 0.05) is 5.97 Å². The number of carbonyl (C=O) groups is 1. The van der Waals surface area contributed by atoms with Crippen molar-refractivity contribution in [2.45, 2.75) is 149 Å². The summed E-state index contributed by atoms with van der Waals surface area (Å²) in [6.45, 7) is 8.34. The molecular weight excluding hydrogens is 382 g/mol. The molecule has 0 fully saturated rings. The number of rotatable bonds is 22. The third kappa shape index (κ3) is 34.2. The zero-order valence-electron chi connectivity index (χ0n) is 22.3. The van der Waals surface area contributed by atoms with Crippen LogP contribution in [0.15, 0.2) is 0 Å². The second kappa shape index (κ2) is 25.7. The van der Waals surface area contributed by atoms with Crippen molar-refractivity contribution in [1.82, 2.24) is 0 Å². The van der Waals surface area contributed by atoms with Crippen LogP contribution in [0.3, 0.4) is 0 Å². The van der Waals surface area contributed by atoms with Crippen LogP contribution >= 0.6 is 0 Å². The third-order valence-electron chi connectivity index (χ3n) is 6.23. The van der Waals surface area contributed by atoms with E-state index in [-0.39, 0.29) is 0 Å². The summed E-state index contributed by atoms with van der Waals surface area (Å²) >= 11 is 0. The number of hydrogen-bond acceptors (Lipinski definition) is 2. The van der Waals surface area contributed by atoms with Crippen molar-refractivity contribution < 1.29 is 14.4 Å². The first-order valence-corrected chi connectivity index (χ1v) is 13.8. The fourth-order valence-electron chi connectivity index (χ4n) is 4.17. The first kappa shape index (κ1) is 32.6. The standard InChI is InChI=1S/C26H56N.C2H4O2/c1-5-7-9-11-13-15-17-19-21-23-25-27(3,4)26-24-22-20-18-16-14-12-10-8-6-2;1-2(3)4/h5-26H2,1-4H3;1H3,(H,3,4)/q+1;/p-1. The van der Waals surface area contributed by atoms with Gasteiger partial charge in [0.15, 0.2) is 0 Å². The number of carboxylic acids is 1. The molecule has 0 atom stereocenters. The lowest BCUT2D eigenvalue weighted by molar-refractivity contribution is -0.890. The van der Waals surface area contributed by atoms with Gasteiger partial charge in [-0.3, -0.25) is 0 Å². The van der Waals surface area contributed by atoms with E-state index in [1.807, 2.05) is 0 Å². The number of carboxylic acid groups (broad SMARTS) is 1. The maximum Gasteiger partial charge on any atom is 0.0782 e. The Balaban J connectivity index is 0. The molecule has 0 saturated heterocycles. The van der Waals surface area contributed by atoms with Crippen LogP contribution in [0.2, 0.25) is 0 Å². The van der Waals surface area contributed by atoms with Crippen LogP contribution in [-0.4, -0.2) is 37.6 Å². The van der Waals surface area contributed by atoms with Crippen LogP contribution in [0.1, 0.15) is 149 Å². The molecule has 0 aromatic rings. The van der Waals surface area contributed by atoms with E-state index in [1.165, 1.54) is 146 Å². The maximum absolute atomic E-state index is 8.89. The van der Waals surface area contributed by atoms with Crippen molar-refractivity contribution in [2.24, 2.45) is 0 Å². The summed E-state index contributed by atoms with van der Waals surface area (Å²) in [5, 5.41) is 8.89. The highest BCUT2D eigenvalue weighted by atomic mass is 16.4. The summed E-state index contributed by atoms with van der Waals surface area (Å²) in [4.78, 5) is 8.89. The largest absolute Gasteiger partial charge is 0.550 e. The van der Waals surface area contributed by atoms with Crippen molar-refractivity contribution in [3.8, 4) is 0 Å². The molecule has 0 N–H and O–H groups in total. The van der Waals surface area contributed by atoms with E-state index in [9.17, 15) is 0 Å². The van der Waals surface area contributed by atoms with Crippen molar-refractivity contribution >= 4 is 5.97 Å². The molecule has 0 aromatic carbocycles. The lowest BCUT2D eigenvalue weighted by atomic mass is 10.1. The van der Waals surface area contributed by atoms with Gasteiger partial charge < -0.3 is 14.4 Å². The molecule has 0 spiro atoms. The van der Waals surface area contributed by atoms with Gasteiger partial charge in [-0.25, -0.2) is 0 Å². The molecule has 3 heteroatoms. The van der Waals surface area contributed by atoms with Crippen molar-refractivity contribution in [3.63, 3.8) is 0 Å². The Morgan fingerprint density at radius 3 is 0.935 bits per heavy atom. The number of unbranched alkanes of at least 4 members (excludes halogenated alkanes) is 18. The first-order valence-electron chi connectivity index (χ1n) is 13.8. The molecule has 0 aliphatic carbocycles. The molecule has 0 aliphatic heterocycles. The van der Waals surface area contributed by atoms with E-state index in [0.29, 0.717) is 0 Å². The topological polar surface area (TPSA) is 40.1 Å². The molecular formula is C28H59NO2. The van der Waals surface area contributed by atoms with E-state index in [0.717, 1.165) is 6.92 Å². The second-order valence-corrected chi connectivity index (χ2v) is 10.2. The average molecular weight is 442 g/mol. The zero-order valence-corrected chi connectivity index (χ0v) is 22.3. The van der Waals surface area contributed by atoms with E-state index in [2.05, 4.69) is 27.9 Å². The Hall–Kier alpha value is -0.570. The minimum Gasteiger partial charge on any atom is -0.550 e. The van der Waals surface area contributed by atoms with Gasteiger partial charge in [-0.15, -0.1) is 0 Å². The van der Waals surface area contributed by atoms with Gasteiger partial charge in [0.1, 0.15) is 0 Å². The summed E-state index contributed by atoms with van der Waals surface area (Å²) in [6.07, 6.45) is 29.0. The van der Waals surface area contributed by atoms with Crippen LogP contribution < -0.4 is 5.11 Å². The molecule has 31 heavy (non-hydrogen) atoms. The summed E-state index contributed by atoms with van der Waals surface area (Å²) in [5.74, 6) is -1.08. The number of carbonyl (C=O) groups excluding carboxylic acids is 1. The van der Waals surface area contributed by atoms with Gasteiger partial charge in [0.2, 0.25) is 0 Å². The fraction of sp³-hybridized carbons (Fsp3) is 0.964. The van der Waals surface area contributed by atoms with Gasteiger partial charge in [-0.05, 0) is 32.6 Å². The quantitative estimate of drug-likeness (QED) is 0.128. The molecule has 0 aliphatic rings. The first-order chi connectivity index (χ1) is 14.9. The monoisotopic (exact) mass is 441 g/mol. The summed E-state index contributed by atoms with van der Waals surface area (Å²) in [5.41, 5.74) is 0. The molecule has 0 heterocycles. The normalized spacial score (nSPS) is 11.3. The van der Waals surface area contributed by atoms with Crippen LogP contribution in [0.5, 0.6) is 0 Å². The van der Waals surface area contributed by atoms with Crippen LogP contribution in [0.4, 0.5) is 0 Å². The highest BCUT2D eigenvalue weighted by Gasteiger charge is 2.13. The van der Waals surface area contributed by atoms with Gasteiger partial charge in [-0.2, -0.15) is 0 Å². The van der Waals surface area contributed by atoms with Crippen LogP contribution in [0, 0.1) is 0 Å². The van der Waals surface area contributed by atoms with E-state index in [1.54, 1.807) is 0 Å². The lowest BCUT2D eigenvalue weighted by Crippen LogP contribution is -2.41. The molecule has 188 valence electrons. The molecule has 0 unspecified atom stereocenters. The molecule has 3 nitrogen and oxygen atoms in total. The van der Waals surface area contributed by atoms with E-state index < -0.39 is 5.97 Å². The molecule has 0 rings (SSSR count). The Morgan fingerprint density at radius 1 is 0.516 bits per heavy atom. The molecule has 0 amide bonds. The van der Waals surface area contributed by atoms with Gasteiger partial charge in [0.05, 0.1) is 27.2 Å². The number of aliphatic carboxylic acids is 1. The van der Waals surface area contributed by atoms with Crippen LogP contribution in [-0.2, 0) is 4.79 Å². The fourth-order valence-corrected chi connectivity index (χ4v) is 4.17. The van der Waals surface area contributed by atoms with Gasteiger partial charge in [-0.1, -0.05) is 117 Å². The van der Waals surface area contributed by atoms with Gasteiger partial charge in [0.25, 0.3) is 0 Å². The molecule has 0 aromatic heterocycles. The number of hydrogen-bond donors (Lipinski definition) is 0. The second-order valence-electron chi connectivity index (χ2n) is 10.2. The third-order valence-corrected chi connectivity index (χ3v) is 6.23. The van der Waals surface area contributed by atoms with Crippen molar-refractivity contribution in [3.05, 3.63) is 0 Å². The Bertz CT molecular complexity index is 325. The lowest BCUT2D eigenvalue weighted by Gasteiger charge is -2.30. The van der Waals surface area contributed by atoms with E-state index >= 15 is 0 Å².